The maximum atomic E-state index is 12.0. The Labute approximate surface area is 139 Å². The van der Waals surface area contributed by atoms with Gasteiger partial charge in [0.25, 0.3) is 0 Å². The van der Waals surface area contributed by atoms with Crippen molar-refractivity contribution in [2.75, 3.05) is 7.11 Å². The summed E-state index contributed by atoms with van der Waals surface area (Å²) in [4.78, 5) is 12.0. The molecule has 23 heavy (non-hydrogen) atoms. The molecule has 0 aromatic heterocycles. The number of hydrogen-bond acceptors (Lipinski definition) is 2. The topological polar surface area (TPSA) is 26.3 Å². The van der Waals surface area contributed by atoms with Crippen LogP contribution in [0.2, 0.25) is 0 Å². The fourth-order valence-corrected chi connectivity index (χ4v) is 2.76. The van der Waals surface area contributed by atoms with Crippen LogP contribution >= 0.6 is 0 Å². The standard InChI is InChI=1S/C21H24O2/c1-23-21(22)20-17-18-13-11-9-7-5-3-2-4-6-8-10-12-14-19(20)16-15-18/h15-17H,6-14H2,1H3. The van der Waals surface area contributed by atoms with Gasteiger partial charge in [0.05, 0.1) is 12.7 Å². The van der Waals surface area contributed by atoms with Crippen molar-refractivity contribution in [3.63, 3.8) is 0 Å². The van der Waals surface area contributed by atoms with Crippen molar-refractivity contribution >= 4 is 5.97 Å². The monoisotopic (exact) mass is 308 g/mol. The van der Waals surface area contributed by atoms with Crippen LogP contribution in [0.5, 0.6) is 0 Å². The third-order valence-electron chi connectivity index (χ3n) is 4.08. The third kappa shape index (κ3) is 5.84. The minimum Gasteiger partial charge on any atom is -0.465 e. The molecule has 0 aliphatic heterocycles. The van der Waals surface area contributed by atoms with Crippen molar-refractivity contribution < 1.29 is 9.53 Å². The highest BCUT2D eigenvalue weighted by atomic mass is 16.5. The number of rotatable bonds is 1. The number of aryl methyl sites for hydroxylation is 2. The van der Waals surface area contributed by atoms with Crippen LogP contribution in [0.3, 0.4) is 0 Å². The van der Waals surface area contributed by atoms with E-state index in [1.165, 1.54) is 12.7 Å². The molecule has 120 valence electrons. The molecule has 0 saturated carbocycles. The SMILES string of the molecule is COC(=O)c1cc2ccc1CCCCCC#CC#CCCCC2. The Morgan fingerprint density at radius 2 is 1.65 bits per heavy atom. The number of carbonyl (C=O) groups is 1. The molecule has 0 heterocycles. The van der Waals surface area contributed by atoms with Crippen LogP contribution in [0.4, 0.5) is 0 Å². The third-order valence-corrected chi connectivity index (χ3v) is 4.08. The molecule has 1 aromatic rings. The van der Waals surface area contributed by atoms with Gasteiger partial charge in [0.1, 0.15) is 0 Å². The summed E-state index contributed by atoms with van der Waals surface area (Å²) < 4.78 is 4.95. The fourth-order valence-electron chi connectivity index (χ4n) is 2.76. The minimum atomic E-state index is -0.225. The van der Waals surface area contributed by atoms with Gasteiger partial charge in [0.15, 0.2) is 0 Å². The molecule has 2 heteroatoms. The van der Waals surface area contributed by atoms with Crippen LogP contribution in [-0.2, 0) is 17.6 Å². The molecule has 0 N–H and O–H groups in total. The molecule has 2 bridgehead atoms. The van der Waals surface area contributed by atoms with Crippen molar-refractivity contribution in [1.82, 2.24) is 0 Å². The number of carbonyl (C=O) groups excluding carboxylic acids is 1. The quantitative estimate of drug-likeness (QED) is 0.571. The van der Waals surface area contributed by atoms with Crippen molar-refractivity contribution in [3.05, 3.63) is 34.9 Å². The molecular formula is C21H24O2. The van der Waals surface area contributed by atoms with Crippen molar-refractivity contribution in [2.45, 2.75) is 57.8 Å². The summed E-state index contributed by atoms with van der Waals surface area (Å²) in [6, 6.07) is 6.25. The van der Waals surface area contributed by atoms with E-state index in [1.807, 2.05) is 6.07 Å². The number of esters is 1. The van der Waals surface area contributed by atoms with Gasteiger partial charge >= 0.3 is 5.97 Å². The average Bonchev–Trinajstić information content (AvgIpc) is 2.58. The first kappa shape index (κ1) is 17.2. The summed E-state index contributed by atoms with van der Waals surface area (Å²) >= 11 is 0. The molecule has 0 radical (unpaired) electrons. The summed E-state index contributed by atoms with van der Waals surface area (Å²) in [7, 11) is 1.45. The lowest BCUT2D eigenvalue weighted by molar-refractivity contribution is 0.0599. The first-order valence-corrected chi connectivity index (χ1v) is 8.47. The van der Waals surface area contributed by atoms with Gasteiger partial charge in [0.2, 0.25) is 0 Å². The number of hydrogen-bond donors (Lipinski definition) is 0. The summed E-state index contributed by atoms with van der Waals surface area (Å²) in [5.41, 5.74) is 3.03. The number of ether oxygens (including phenoxy) is 1. The van der Waals surface area contributed by atoms with E-state index in [0.717, 1.165) is 68.9 Å². The lowest BCUT2D eigenvalue weighted by Crippen LogP contribution is -2.07. The van der Waals surface area contributed by atoms with Crippen LogP contribution in [-0.4, -0.2) is 13.1 Å². The van der Waals surface area contributed by atoms with Crippen molar-refractivity contribution in [2.24, 2.45) is 0 Å². The maximum Gasteiger partial charge on any atom is 0.338 e. The number of benzene rings is 1. The van der Waals surface area contributed by atoms with E-state index in [1.54, 1.807) is 0 Å². The molecule has 0 atom stereocenters. The summed E-state index contributed by atoms with van der Waals surface area (Å²) in [6.45, 7) is 0. The summed E-state index contributed by atoms with van der Waals surface area (Å²) in [5.74, 6) is 11.9. The zero-order valence-electron chi connectivity index (χ0n) is 13.9. The second kappa shape index (κ2) is 9.75. The summed E-state index contributed by atoms with van der Waals surface area (Å²) in [6.07, 6.45) is 9.07. The molecule has 0 saturated heterocycles. The maximum absolute atomic E-state index is 12.0. The number of fused-ring (bicyclic) bond motifs is 12. The predicted octanol–water partition coefficient (Wildman–Crippen LogP) is 4.31. The van der Waals surface area contributed by atoms with Gasteiger partial charge in [-0.2, -0.15) is 0 Å². The van der Waals surface area contributed by atoms with E-state index in [0.29, 0.717) is 0 Å². The molecule has 2 aliphatic carbocycles. The van der Waals surface area contributed by atoms with Gasteiger partial charge in [-0.05, 0) is 67.6 Å². The van der Waals surface area contributed by atoms with E-state index < -0.39 is 0 Å². The average molecular weight is 308 g/mol. The highest BCUT2D eigenvalue weighted by Crippen LogP contribution is 2.18. The van der Waals surface area contributed by atoms with E-state index in [-0.39, 0.29) is 5.97 Å². The zero-order chi connectivity index (χ0) is 16.3. The lowest BCUT2D eigenvalue weighted by atomic mass is 9.96. The Morgan fingerprint density at radius 1 is 0.957 bits per heavy atom. The van der Waals surface area contributed by atoms with E-state index in [2.05, 4.69) is 35.8 Å². The Hall–Kier alpha value is -2.19. The highest BCUT2D eigenvalue weighted by molar-refractivity contribution is 5.91. The van der Waals surface area contributed by atoms with Gasteiger partial charge in [-0.15, -0.1) is 0 Å². The van der Waals surface area contributed by atoms with Gasteiger partial charge in [-0.3, -0.25) is 0 Å². The molecule has 3 rings (SSSR count). The van der Waals surface area contributed by atoms with Crippen molar-refractivity contribution in [3.8, 4) is 23.7 Å². The van der Waals surface area contributed by atoms with Crippen LogP contribution < -0.4 is 0 Å². The molecule has 2 aliphatic rings. The second-order valence-electron chi connectivity index (χ2n) is 5.85. The van der Waals surface area contributed by atoms with Gasteiger partial charge in [0, 0.05) is 12.8 Å². The predicted molar refractivity (Wildman–Crippen MR) is 93.1 cm³/mol. The zero-order valence-corrected chi connectivity index (χ0v) is 13.9. The first-order valence-electron chi connectivity index (χ1n) is 8.47. The molecule has 1 aromatic carbocycles. The van der Waals surface area contributed by atoms with Crippen molar-refractivity contribution in [1.29, 1.82) is 0 Å². The Kier molecular flexibility index (Phi) is 7.28. The van der Waals surface area contributed by atoms with Crippen LogP contribution in [0.15, 0.2) is 18.2 Å². The largest absolute Gasteiger partial charge is 0.465 e. The Balaban J connectivity index is 2.14. The molecule has 0 amide bonds. The Bertz CT molecular complexity index is 650. The second-order valence-corrected chi connectivity index (χ2v) is 5.85. The van der Waals surface area contributed by atoms with Gasteiger partial charge in [-0.25, -0.2) is 4.79 Å². The molecule has 2 nitrogen and oxygen atoms in total. The van der Waals surface area contributed by atoms with Crippen LogP contribution in [0.25, 0.3) is 0 Å². The first-order chi connectivity index (χ1) is 11.3. The normalized spacial score (nSPS) is 15.5. The van der Waals surface area contributed by atoms with Crippen LogP contribution in [0, 0.1) is 23.7 Å². The Morgan fingerprint density at radius 3 is 2.39 bits per heavy atom. The van der Waals surface area contributed by atoms with E-state index >= 15 is 0 Å². The van der Waals surface area contributed by atoms with Gasteiger partial charge < -0.3 is 4.74 Å². The minimum absolute atomic E-state index is 0.225. The summed E-state index contributed by atoms with van der Waals surface area (Å²) in [5, 5.41) is 0. The lowest BCUT2D eigenvalue weighted by Gasteiger charge is -2.10. The van der Waals surface area contributed by atoms with E-state index in [4.69, 9.17) is 4.74 Å². The van der Waals surface area contributed by atoms with E-state index in [9.17, 15) is 4.79 Å². The molecule has 0 fully saturated rings. The molecular weight excluding hydrogens is 284 g/mol. The molecule has 0 unspecified atom stereocenters. The molecule has 0 spiro atoms. The van der Waals surface area contributed by atoms with Crippen LogP contribution in [0.1, 0.15) is 66.4 Å². The fraction of sp³-hybridized carbons (Fsp3) is 0.476. The van der Waals surface area contributed by atoms with Gasteiger partial charge in [-0.1, -0.05) is 30.4 Å². The highest BCUT2D eigenvalue weighted by Gasteiger charge is 2.12. The number of methoxy groups -OCH3 is 1. The smallest absolute Gasteiger partial charge is 0.338 e.